The molecule has 2 unspecified atom stereocenters. The third-order valence-corrected chi connectivity index (χ3v) is 2.44. The monoisotopic (exact) mass is 218 g/mol. The Morgan fingerprint density at radius 2 is 2.07 bits per heavy atom. The summed E-state index contributed by atoms with van der Waals surface area (Å²) in [6.07, 6.45) is 3.92. The van der Waals surface area contributed by atoms with Gasteiger partial charge in [0.25, 0.3) is 0 Å². The SMILES string of the molecule is COCC(CCCN)NC(C)CCCO. The maximum Gasteiger partial charge on any atom is 0.0615 e. The van der Waals surface area contributed by atoms with E-state index in [0.29, 0.717) is 12.1 Å². The molecule has 15 heavy (non-hydrogen) atoms. The third kappa shape index (κ3) is 8.81. The summed E-state index contributed by atoms with van der Waals surface area (Å²) in [4.78, 5) is 0. The number of aliphatic hydroxyl groups is 1. The van der Waals surface area contributed by atoms with Gasteiger partial charge >= 0.3 is 0 Å². The molecule has 0 aliphatic heterocycles. The fraction of sp³-hybridized carbons (Fsp3) is 1.00. The number of rotatable bonds is 10. The Balaban J connectivity index is 3.70. The Hall–Kier alpha value is -0.160. The minimum absolute atomic E-state index is 0.268. The van der Waals surface area contributed by atoms with Gasteiger partial charge in [0.05, 0.1) is 6.61 Å². The van der Waals surface area contributed by atoms with Crippen molar-refractivity contribution in [3.63, 3.8) is 0 Å². The van der Waals surface area contributed by atoms with Gasteiger partial charge in [-0.3, -0.25) is 0 Å². The van der Waals surface area contributed by atoms with Gasteiger partial charge in [0.15, 0.2) is 0 Å². The van der Waals surface area contributed by atoms with Crippen LogP contribution in [0.25, 0.3) is 0 Å². The smallest absolute Gasteiger partial charge is 0.0615 e. The van der Waals surface area contributed by atoms with Crippen molar-refractivity contribution in [2.45, 2.75) is 44.7 Å². The van der Waals surface area contributed by atoms with Crippen LogP contribution >= 0.6 is 0 Å². The summed E-state index contributed by atoms with van der Waals surface area (Å²) in [5.74, 6) is 0. The van der Waals surface area contributed by atoms with Crippen molar-refractivity contribution in [3.8, 4) is 0 Å². The zero-order valence-corrected chi connectivity index (χ0v) is 10.0. The minimum Gasteiger partial charge on any atom is -0.396 e. The van der Waals surface area contributed by atoms with Crippen LogP contribution in [0.3, 0.4) is 0 Å². The molecular weight excluding hydrogens is 192 g/mol. The molecule has 0 saturated heterocycles. The molecule has 4 N–H and O–H groups in total. The Labute approximate surface area is 93.2 Å². The maximum absolute atomic E-state index is 8.73. The molecule has 4 heteroatoms. The first-order chi connectivity index (χ1) is 7.24. The van der Waals surface area contributed by atoms with Crippen LogP contribution in [0.1, 0.15) is 32.6 Å². The van der Waals surface area contributed by atoms with Gasteiger partial charge in [0, 0.05) is 25.8 Å². The molecule has 92 valence electrons. The summed E-state index contributed by atoms with van der Waals surface area (Å²) < 4.78 is 5.15. The van der Waals surface area contributed by atoms with Crippen LogP contribution < -0.4 is 11.1 Å². The van der Waals surface area contributed by atoms with Crippen LogP contribution in [0.5, 0.6) is 0 Å². The molecule has 0 bridgehead atoms. The number of ether oxygens (including phenoxy) is 1. The van der Waals surface area contributed by atoms with E-state index in [2.05, 4.69) is 12.2 Å². The highest BCUT2D eigenvalue weighted by Crippen LogP contribution is 2.02. The lowest BCUT2D eigenvalue weighted by molar-refractivity contribution is 0.154. The molecule has 0 spiro atoms. The summed E-state index contributed by atoms with van der Waals surface area (Å²) >= 11 is 0. The molecule has 0 aliphatic carbocycles. The van der Waals surface area contributed by atoms with Crippen molar-refractivity contribution in [2.24, 2.45) is 5.73 Å². The normalized spacial score (nSPS) is 15.2. The van der Waals surface area contributed by atoms with Crippen molar-refractivity contribution in [3.05, 3.63) is 0 Å². The molecule has 2 atom stereocenters. The maximum atomic E-state index is 8.73. The van der Waals surface area contributed by atoms with Gasteiger partial charge in [0.1, 0.15) is 0 Å². The van der Waals surface area contributed by atoms with Gasteiger partial charge < -0.3 is 20.9 Å². The summed E-state index contributed by atoms with van der Waals surface area (Å²) in [6.45, 7) is 3.86. The zero-order chi connectivity index (χ0) is 11.5. The Morgan fingerprint density at radius 3 is 2.60 bits per heavy atom. The fourth-order valence-corrected chi connectivity index (χ4v) is 1.66. The third-order valence-electron chi connectivity index (χ3n) is 2.44. The standard InChI is InChI=1S/C11H26N2O2/c1-10(5-4-8-14)13-11(9-15-2)6-3-7-12/h10-11,13-14H,3-9,12H2,1-2H3. The predicted octanol–water partition coefficient (Wildman–Crippen LogP) is 0.491. The Kier molecular flexibility index (Phi) is 10.3. The second-order valence-corrected chi connectivity index (χ2v) is 4.02. The Morgan fingerprint density at radius 1 is 1.33 bits per heavy atom. The minimum atomic E-state index is 0.268. The average molecular weight is 218 g/mol. The van der Waals surface area contributed by atoms with E-state index in [1.807, 2.05) is 0 Å². The first kappa shape index (κ1) is 14.8. The first-order valence-electron chi connectivity index (χ1n) is 5.80. The second-order valence-electron chi connectivity index (χ2n) is 4.02. The highest BCUT2D eigenvalue weighted by molar-refractivity contribution is 4.71. The number of nitrogens with one attached hydrogen (secondary N) is 1. The van der Waals surface area contributed by atoms with E-state index >= 15 is 0 Å². The van der Waals surface area contributed by atoms with Crippen LogP contribution in [0.2, 0.25) is 0 Å². The van der Waals surface area contributed by atoms with Crippen molar-refractivity contribution < 1.29 is 9.84 Å². The number of nitrogens with two attached hydrogens (primary N) is 1. The molecule has 0 aromatic carbocycles. The zero-order valence-electron chi connectivity index (χ0n) is 10.0. The molecule has 0 heterocycles. The molecule has 0 aromatic heterocycles. The number of methoxy groups -OCH3 is 1. The fourth-order valence-electron chi connectivity index (χ4n) is 1.66. The summed E-state index contributed by atoms with van der Waals surface area (Å²) in [7, 11) is 1.72. The summed E-state index contributed by atoms with van der Waals surface area (Å²) in [5, 5.41) is 12.2. The van der Waals surface area contributed by atoms with E-state index in [-0.39, 0.29) is 6.61 Å². The highest BCUT2D eigenvalue weighted by atomic mass is 16.5. The number of hydrogen-bond acceptors (Lipinski definition) is 4. The first-order valence-corrected chi connectivity index (χ1v) is 5.80. The van der Waals surface area contributed by atoms with Crippen LogP contribution in [-0.4, -0.2) is 44.1 Å². The second kappa shape index (κ2) is 10.4. The lowest BCUT2D eigenvalue weighted by Gasteiger charge is -2.22. The van der Waals surface area contributed by atoms with Crippen molar-refractivity contribution in [2.75, 3.05) is 26.9 Å². The molecule has 0 aromatic rings. The molecular formula is C11H26N2O2. The van der Waals surface area contributed by atoms with E-state index in [4.69, 9.17) is 15.6 Å². The van der Waals surface area contributed by atoms with Crippen molar-refractivity contribution in [1.82, 2.24) is 5.32 Å². The molecule has 0 aliphatic rings. The molecule has 0 fully saturated rings. The predicted molar refractivity (Wildman–Crippen MR) is 62.9 cm³/mol. The topological polar surface area (TPSA) is 67.5 Å². The Bertz CT molecular complexity index is 134. The quantitative estimate of drug-likeness (QED) is 0.499. The van der Waals surface area contributed by atoms with E-state index in [1.54, 1.807) is 7.11 Å². The van der Waals surface area contributed by atoms with E-state index in [9.17, 15) is 0 Å². The lowest BCUT2D eigenvalue weighted by atomic mass is 10.1. The van der Waals surface area contributed by atoms with Gasteiger partial charge in [-0.15, -0.1) is 0 Å². The molecule has 0 saturated carbocycles. The molecule has 0 rings (SSSR count). The van der Waals surface area contributed by atoms with Gasteiger partial charge in [-0.05, 0) is 39.2 Å². The van der Waals surface area contributed by atoms with E-state index in [1.165, 1.54) is 0 Å². The van der Waals surface area contributed by atoms with Gasteiger partial charge in [0.2, 0.25) is 0 Å². The van der Waals surface area contributed by atoms with Gasteiger partial charge in [-0.2, -0.15) is 0 Å². The van der Waals surface area contributed by atoms with Crippen molar-refractivity contribution in [1.29, 1.82) is 0 Å². The molecule has 0 amide bonds. The average Bonchev–Trinajstić information content (AvgIpc) is 2.23. The number of aliphatic hydroxyl groups excluding tert-OH is 1. The van der Waals surface area contributed by atoms with Crippen LogP contribution in [0.15, 0.2) is 0 Å². The van der Waals surface area contributed by atoms with Gasteiger partial charge in [-0.1, -0.05) is 0 Å². The van der Waals surface area contributed by atoms with E-state index in [0.717, 1.165) is 38.8 Å². The van der Waals surface area contributed by atoms with Gasteiger partial charge in [-0.25, -0.2) is 0 Å². The summed E-state index contributed by atoms with van der Waals surface area (Å²) in [5.41, 5.74) is 5.48. The lowest BCUT2D eigenvalue weighted by Crippen LogP contribution is -2.39. The van der Waals surface area contributed by atoms with E-state index < -0.39 is 0 Å². The van der Waals surface area contributed by atoms with Crippen LogP contribution in [0.4, 0.5) is 0 Å². The highest BCUT2D eigenvalue weighted by Gasteiger charge is 2.10. The van der Waals surface area contributed by atoms with Crippen LogP contribution in [-0.2, 0) is 4.74 Å². The van der Waals surface area contributed by atoms with Crippen LogP contribution in [0, 0.1) is 0 Å². The number of hydrogen-bond donors (Lipinski definition) is 3. The molecule has 4 nitrogen and oxygen atoms in total. The molecule has 0 radical (unpaired) electrons. The summed E-state index contributed by atoms with van der Waals surface area (Å²) in [6, 6.07) is 0.808. The largest absolute Gasteiger partial charge is 0.396 e. The van der Waals surface area contributed by atoms with Crippen molar-refractivity contribution >= 4 is 0 Å².